The summed E-state index contributed by atoms with van der Waals surface area (Å²) in [6.45, 7) is 1.71. The van der Waals surface area contributed by atoms with Gasteiger partial charge in [0.05, 0.1) is 23.5 Å². The Morgan fingerprint density at radius 1 is 1.00 bits per heavy atom. The monoisotopic (exact) mass is 399 g/mol. The number of nitriles is 1. The molecule has 3 heterocycles. The molecule has 1 aliphatic rings. The Morgan fingerprint density at radius 2 is 1.69 bits per heavy atom. The van der Waals surface area contributed by atoms with Crippen molar-refractivity contribution in [2.45, 2.75) is 12.8 Å². The third-order valence-electron chi connectivity index (χ3n) is 5.13. The van der Waals surface area contributed by atoms with Crippen molar-refractivity contribution in [2.75, 3.05) is 13.1 Å². The lowest BCUT2D eigenvalue weighted by Crippen LogP contribution is -2.27. The first kappa shape index (κ1) is 17.6. The van der Waals surface area contributed by atoms with E-state index >= 15 is 0 Å². The molecule has 0 unspecified atom stereocenters. The number of likely N-dealkylation sites (tertiary alicyclic amines) is 1. The molecule has 1 amide bonds. The average molecular weight is 399 g/mol. The Bertz CT molecular complexity index is 1190. The molecule has 0 atom stereocenters. The first-order valence-corrected chi connectivity index (χ1v) is 10.3. The highest BCUT2D eigenvalue weighted by Gasteiger charge is 2.19. The third-order valence-corrected chi connectivity index (χ3v) is 6.10. The molecule has 1 aliphatic heterocycles. The quantitative estimate of drug-likeness (QED) is 0.517. The van der Waals surface area contributed by atoms with E-state index < -0.39 is 0 Å². The Labute approximate surface area is 171 Å². The van der Waals surface area contributed by atoms with Gasteiger partial charge >= 0.3 is 0 Å². The lowest BCUT2D eigenvalue weighted by Gasteiger charge is -2.15. The summed E-state index contributed by atoms with van der Waals surface area (Å²) in [5.74, 6) is 0.107. The molecule has 5 rings (SSSR count). The van der Waals surface area contributed by atoms with E-state index in [1.54, 1.807) is 16.6 Å². The van der Waals surface area contributed by atoms with Crippen LogP contribution in [0.5, 0.6) is 0 Å². The van der Waals surface area contributed by atoms with Crippen LogP contribution in [0, 0.1) is 11.3 Å². The molecule has 1 saturated heterocycles. The smallest absolute Gasteiger partial charge is 0.253 e. The van der Waals surface area contributed by atoms with Crippen LogP contribution in [0.25, 0.3) is 26.8 Å². The molecular weight excluding hydrogens is 382 g/mol. The molecule has 0 spiro atoms. The minimum Gasteiger partial charge on any atom is -0.339 e. The van der Waals surface area contributed by atoms with E-state index in [2.05, 4.69) is 16.2 Å². The van der Waals surface area contributed by atoms with E-state index in [4.69, 9.17) is 5.26 Å². The standard InChI is InChI=1S/C22H17N5OS/c23-13-15-3-5-16(6-4-15)19-14-27-22(24-19)29-20(25-27)17-7-9-18(10-8-17)21(28)26-11-1-2-12-26/h3-10,14H,1-2,11-12H2. The van der Waals surface area contributed by atoms with E-state index in [0.717, 1.165) is 58.3 Å². The van der Waals surface area contributed by atoms with Crippen LogP contribution in [-0.4, -0.2) is 38.5 Å². The molecule has 0 aliphatic carbocycles. The van der Waals surface area contributed by atoms with Gasteiger partial charge in [-0.15, -0.1) is 0 Å². The second-order valence-corrected chi connectivity index (χ2v) is 7.98. The van der Waals surface area contributed by atoms with Crippen molar-refractivity contribution >= 4 is 22.2 Å². The van der Waals surface area contributed by atoms with Crippen molar-refractivity contribution < 1.29 is 4.79 Å². The summed E-state index contributed by atoms with van der Waals surface area (Å²) in [5, 5.41) is 14.4. The number of hydrogen-bond acceptors (Lipinski definition) is 5. The van der Waals surface area contributed by atoms with Crippen LogP contribution in [0.1, 0.15) is 28.8 Å². The zero-order valence-corrected chi connectivity index (χ0v) is 16.4. The molecular formula is C22H17N5OS. The van der Waals surface area contributed by atoms with Gasteiger partial charge in [0.2, 0.25) is 4.96 Å². The van der Waals surface area contributed by atoms with Crippen molar-refractivity contribution in [1.29, 1.82) is 5.26 Å². The molecule has 4 aromatic rings. The van der Waals surface area contributed by atoms with Gasteiger partial charge < -0.3 is 4.90 Å². The number of carbonyl (C=O) groups excluding carboxylic acids is 1. The molecule has 7 heteroatoms. The van der Waals surface area contributed by atoms with E-state index in [1.807, 2.05) is 47.5 Å². The SMILES string of the molecule is N#Cc1ccc(-c2cn3nc(-c4ccc(C(=O)N5CCCC5)cc4)sc3n2)cc1. The largest absolute Gasteiger partial charge is 0.339 e. The number of amides is 1. The van der Waals surface area contributed by atoms with Crippen LogP contribution < -0.4 is 0 Å². The Kier molecular flexibility index (Phi) is 4.34. The van der Waals surface area contributed by atoms with Gasteiger partial charge in [0.15, 0.2) is 0 Å². The van der Waals surface area contributed by atoms with Crippen LogP contribution >= 0.6 is 11.3 Å². The lowest BCUT2D eigenvalue weighted by atomic mass is 10.1. The van der Waals surface area contributed by atoms with Gasteiger partial charge in [-0.25, -0.2) is 9.50 Å². The number of imidazole rings is 1. The number of aromatic nitrogens is 3. The first-order valence-electron chi connectivity index (χ1n) is 9.48. The Hall–Kier alpha value is -3.50. The fraction of sp³-hybridized carbons (Fsp3) is 0.182. The lowest BCUT2D eigenvalue weighted by molar-refractivity contribution is 0.0793. The average Bonchev–Trinajstić information content (AvgIpc) is 3.50. The molecule has 6 nitrogen and oxygen atoms in total. The highest BCUT2D eigenvalue weighted by atomic mass is 32.1. The third kappa shape index (κ3) is 3.28. The fourth-order valence-electron chi connectivity index (χ4n) is 3.53. The summed E-state index contributed by atoms with van der Waals surface area (Å²) in [6, 6.07) is 17.1. The molecule has 142 valence electrons. The van der Waals surface area contributed by atoms with Crippen molar-refractivity contribution in [3.8, 4) is 27.9 Å². The van der Waals surface area contributed by atoms with Crippen molar-refractivity contribution in [3.63, 3.8) is 0 Å². The van der Waals surface area contributed by atoms with Crippen LogP contribution in [0.4, 0.5) is 0 Å². The molecule has 0 saturated carbocycles. The topological polar surface area (TPSA) is 74.3 Å². The van der Waals surface area contributed by atoms with Gasteiger partial charge in [-0.2, -0.15) is 10.4 Å². The van der Waals surface area contributed by atoms with E-state index in [9.17, 15) is 4.79 Å². The number of fused-ring (bicyclic) bond motifs is 1. The highest BCUT2D eigenvalue weighted by Crippen LogP contribution is 2.28. The van der Waals surface area contributed by atoms with Crippen molar-refractivity contribution in [2.24, 2.45) is 0 Å². The number of rotatable bonds is 3. The maximum atomic E-state index is 12.5. The van der Waals surface area contributed by atoms with Gasteiger partial charge in [0.25, 0.3) is 5.91 Å². The molecule has 0 N–H and O–H groups in total. The summed E-state index contributed by atoms with van der Waals surface area (Å²) < 4.78 is 1.77. The Balaban J connectivity index is 1.38. The first-order chi connectivity index (χ1) is 14.2. The normalized spacial score (nSPS) is 13.7. The fourth-order valence-corrected chi connectivity index (χ4v) is 4.42. The highest BCUT2D eigenvalue weighted by molar-refractivity contribution is 7.19. The predicted molar refractivity (Wildman–Crippen MR) is 112 cm³/mol. The minimum absolute atomic E-state index is 0.107. The zero-order chi connectivity index (χ0) is 19.8. The van der Waals surface area contributed by atoms with Crippen LogP contribution in [0.3, 0.4) is 0 Å². The molecule has 29 heavy (non-hydrogen) atoms. The molecule has 2 aromatic carbocycles. The second kappa shape index (κ2) is 7.15. The molecule has 0 bridgehead atoms. The summed E-state index contributed by atoms with van der Waals surface area (Å²) in [5.41, 5.74) is 4.10. The van der Waals surface area contributed by atoms with E-state index in [1.165, 1.54) is 11.3 Å². The maximum Gasteiger partial charge on any atom is 0.253 e. The maximum absolute atomic E-state index is 12.5. The summed E-state index contributed by atoms with van der Waals surface area (Å²) in [7, 11) is 0. The zero-order valence-electron chi connectivity index (χ0n) is 15.6. The Morgan fingerprint density at radius 3 is 2.34 bits per heavy atom. The number of benzene rings is 2. The van der Waals surface area contributed by atoms with Gasteiger partial charge in [0.1, 0.15) is 5.01 Å². The molecule has 0 radical (unpaired) electrons. The predicted octanol–water partition coefficient (Wildman–Crippen LogP) is 4.23. The van der Waals surface area contributed by atoms with Gasteiger partial charge in [-0.1, -0.05) is 35.6 Å². The number of carbonyl (C=O) groups is 1. The van der Waals surface area contributed by atoms with Crippen LogP contribution in [0.15, 0.2) is 54.7 Å². The van der Waals surface area contributed by atoms with Crippen molar-refractivity contribution in [1.82, 2.24) is 19.5 Å². The number of hydrogen-bond donors (Lipinski definition) is 0. The second-order valence-electron chi connectivity index (χ2n) is 7.03. The van der Waals surface area contributed by atoms with Gasteiger partial charge in [-0.3, -0.25) is 4.79 Å². The van der Waals surface area contributed by atoms with Gasteiger partial charge in [0, 0.05) is 29.8 Å². The van der Waals surface area contributed by atoms with Gasteiger partial charge in [-0.05, 0) is 37.1 Å². The molecule has 2 aromatic heterocycles. The molecule has 1 fully saturated rings. The number of nitrogens with zero attached hydrogens (tertiary/aromatic N) is 5. The van der Waals surface area contributed by atoms with Crippen LogP contribution in [-0.2, 0) is 0 Å². The van der Waals surface area contributed by atoms with E-state index in [0.29, 0.717) is 5.56 Å². The summed E-state index contributed by atoms with van der Waals surface area (Å²) in [4.78, 5) is 19.9. The van der Waals surface area contributed by atoms with Crippen molar-refractivity contribution in [3.05, 3.63) is 65.9 Å². The van der Waals surface area contributed by atoms with Crippen LogP contribution in [0.2, 0.25) is 0 Å². The minimum atomic E-state index is 0.107. The van der Waals surface area contributed by atoms with E-state index in [-0.39, 0.29) is 5.91 Å². The summed E-state index contributed by atoms with van der Waals surface area (Å²) in [6.07, 6.45) is 4.07. The summed E-state index contributed by atoms with van der Waals surface area (Å²) >= 11 is 1.51.